The molecule has 1 aliphatic heterocycles. The quantitative estimate of drug-likeness (QED) is 0.787. The topological polar surface area (TPSA) is 81.0 Å². The van der Waals surface area contributed by atoms with E-state index in [0.29, 0.717) is 31.6 Å². The van der Waals surface area contributed by atoms with Gasteiger partial charge in [-0.15, -0.1) is 0 Å². The number of fused-ring (bicyclic) bond motifs is 1. The molecule has 6 nitrogen and oxygen atoms in total. The highest BCUT2D eigenvalue weighted by molar-refractivity contribution is 5.74. The molecule has 3 rings (SSSR count). The summed E-state index contributed by atoms with van der Waals surface area (Å²) in [4.78, 5) is 25.4. The maximum absolute atomic E-state index is 12.1. The van der Waals surface area contributed by atoms with Gasteiger partial charge in [-0.1, -0.05) is 30.3 Å². The minimum Gasteiger partial charge on any atom is -0.338 e. The minimum absolute atomic E-state index is 0.114. The first-order chi connectivity index (χ1) is 10.2. The van der Waals surface area contributed by atoms with Gasteiger partial charge in [0, 0.05) is 25.2 Å². The van der Waals surface area contributed by atoms with Crippen molar-refractivity contribution >= 4 is 6.03 Å². The highest BCUT2D eigenvalue weighted by atomic mass is 16.2. The Morgan fingerprint density at radius 1 is 1.24 bits per heavy atom. The Bertz CT molecular complexity index is 674. The summed E-state index contributed by atoms with van der Waals surface area (Å²) in [5.74, 6) is 0. The van der Waals surface area contributed by atoms with Gasteiger partial charge in [-0.05, 0) is 12.0 Å². The lowest BCUT2D eigenvalue weighted by Crippen LogP contribution is -2.44. The number of urea groups is 1. The van der Waals surface area contributed by atoms with E-state index in [9.17, 15) is 9.59 Å². The number of aromatic amines is 2. The van der Waals surface area contributed by atoms with Crippen LogP contribution in [0.2, 0.25) is 0 Å². The summed E-state index contributed by atoms with van der Waals surface area (Å²) >= 11 is 0. The molecule has 0 aliphatic carbocycles. The number of aromatic nitrogens is 2. The molecular weight excluding hydrogens is 268 g/mol. The highest BCUT2D eigenvalue weighted by Gasteiger charge is 2.23. The number of H-pyrrole nitrogens is 2. The summed E-state index contributed by atoms with van der Waals surface area (Å²) in [7, 11) is 0. The van der Waals surface area contributed by atoms with E-state index in [4.69, 9.17) is 0 Å². The van der Waals surface area contributed by atoms with Crippen LogP contribution in [0.15, 0.2) is 35.1 Å². The van der Waals surface area contributed by atoms with E-state index in [1.807, 2.05) is 30.3 Å². The molecule has 2 heterocycles. The van der Waals surface area contributed by atoms with Crippen molar-refractivity contribution in [1.82, 2.24) is 20.4 Å². The number of nitrogens with zero attached hydrogens (tertiary/aromatic N) is 1. The van der Waals surface area contributed by atoms with Crippen molar-refractivity contribution in [3.8, 4) is 0 Å². The summed E-state index contributed by atoms with van der Waals surface area (Å²) in [6.07, 6.45) is 1.48. The van der Waals surface area contributed by atoms with Crippen LogP contribution < -0.4 is 10.9 Å². The first-order valence-corrected chi connectivity index (χ1v) is 7.09. The average molecular weight is 286 g/mol. The first kappa shape index (κ1) is 13.5. The Morgan fingerprint density at radius 2 is 2.05 bits per heavy atom. The fraction of sp³-hybridized carbons (Fsp3) is 0.333. The normalized spacial score (nSPS) is 13.8. The number of carbonyl (C=O) groups excluding carboxylic acids is 1. The van der Waals surface area contributed by atoms with Gasteiger partial charge in [0.05, 0.1) is 12.1 Å². The minimum atomic E-state index is -0.133. The maximum atomic E-state index is 12.1. The van der Waals surface area contributed by atoms with Crippen LogP contribution in [-0.2, 0) is 19.4 Å². The van der Waals surface area contributed by atoms with E-state index in [1.165, 1.54) is 5.56 Å². The predicted molar refractivity (Wildman–Crippen MR) is 79.1 cm³/mol. The second-order valence-corrected chi connectivity index (χ2v) is 5.18. The fourth-order valence-corrected chi connectivity index (χ4v) is 2.56. The summed E-state index contributed by atoms with van der Waals surface area (Å²) in [6, 6.07) is 9.92. The molecule has 0 fully saturated rings. The molecule has 0 saturated heterocycles. The van der Waals surface area contributed by atoms with E-state index >= 15 is 0 Å². The third kappa shape index (κ3) is 2.99. The van der Waals surface area contributed by atoms with E-state index in [1.54, 1.807) is 4.90 Å². The smallest absolute Gasteiger partial charge is 0.317 e. The van der Waals surface area contributed by atoms with Crippen molar-refractivity contribution in [2.45, 2.75) is 19.4 Å². The lowest BCUT2D eigenvalue weighted by molar-refractivity contribution is 0.192. The number of benzene rings is 1. The standard InChI is InChI=1S/C15H18N4O2/c20-14-12-10-19(9-7-13(12)17-18-14)15(21)16-8-6-11-4-2-1-3-5-11/h1-5H,6-10H2,(H,16,21)(H2,17,18,20). The van der Waals surface area contributed by atoms with Gasteiger partial charge in [0.15, 0.2) is 0 Å². The van der Waals surface area contributed by atoms with Gasteiger partial charge >= 0.3 is 6.03 Å². The summed E-state index contributed by atoms with van der Waals surface area (Å²) in [6.45, 7) is 1.58. The van der Waals surface area contributed by atoms with E-state index < -0.39 is 0 Å². The Hall–Kier alpha value is -2.50. The molecule has 1 aliphatic rings. The van der Waals surface area contributed by atoms with E-state index in [0.717, 1.165) is 12.1 Å². The molecule has 3 N–H and O–H groups in total. The third-order valence-electron chi connectivity index (χ3n) is 3.77. The fourth-order valence-electron chi connectivity index (χ4n) is 2.56. The second kappa shape index (κ2) is 5.87. The van der Waals surface area contributed by atoms with Crippen molar-refractivity contribution in [1.29, 1.82) is 0 Å². The molecule has 2 aromatic rings. The molecule has 110 valence electrons. The average Bonchev–Trinajstić information content (AvgIpc) is 2.89. The van der Waals surface area contributed by atoms with Gasteiger partial charge in [0.1, 0.15) is 0 Å². The van der Waals surface area contributed by atoms with Crippen LogP contribution in [0.1, 0.15) is 16.8 Å². The second-order valence-electron chi connectivity index (χ2n) is 5.18. The molecule has 0 unspecified atom stereocenters. The van der Waals surface area contributed by atoms with Crippen LogP contribution in [0.5, 0.6) is 0 Å². The zero-order valence-electron chi connectivity index (χ0n) is 11.7. The number of hydrogen-bond acceptors (Lipinski definition) is 2. The number of hydrogen-bond donors (Lipinski definition) is 3. The monoisotopic (exact) mass is 286 g/mol. The van der Waals surface area contributed by atoms with Crippen molar-refractivity contribution in [2.24, 2.45) is 0 Å². The molecule has 1 aromatic heterocycles. The summed E-state index contributed by atoms with van der Waals surface area (Å²) in [5.41, 5.74) is 2.64. The van der Waals surface area contributed by atoms with E-state index in [2.05, 4.69) is 15.5 Å². The van der Waals surface area contributed by atoms with Gasteiger partial charge in [-0.25, -0.2) is 4.79 Å². The molecule has 0 radical (unpaired) electrons. The van der Waals surface area contributed by atoms with E-state index in [-0.39, 0.29) is 11.6 Å². The lowest BCUT2D eigenvalue weighted by Gasteiger charge is -2.26. The first-order valence-electron chi connectivity index (χ1n) is 7.09. The molecule has 0 bridgehead atoms. The van der Waals surface area contributed by atoms with Crippen LogP contribution in [0, 0.1) is 0 Å². The van der Waals surface area contributed by atoms with Gasteiger partial charge in [-0.2, -0.15) is 0 Å². The molecule has 0 saturated carbocycles. The number of amides is 2. The molecular formula is C15H18N4O2. The van der Waals surface area contributed by atoms with Crippen LogP contribution in [0.3, 0.4) is 0 Å². The van der Waals surface area contributed by atoms with Crippen molar-refractivity contribution < 1.29 is 4.79 Å². The SMILES string of the molecule is O=C(NCCc1ccccc1)N1CCc2[nH][nH]c(=O)c2C1. The molecule has 6 heteroatoms. The van der Waals surface area contributed by atoms with Gasteiger partial charge in [0.2, 0.25) is 0 Å². The van der Waals surface area contributed by atoms with Crippen molar-refractivity contribution in [2.75, 3.05) is 13.1 Å². The van der Waals surface area contributed by atoms with Gasteiger partial charge < -0.3 is 15.3 Å². The maximum Gasteiger partial charge on any atom is 0.317 e. The lowest BCUT2D eigenvalue weighted by atomic mass is 10.1. The zero-order chi connectivity index (χ0) is 14.7. The molecule has 0 spiro atoms. The summed E-state index contributed by atoms with van der Waals surface area (Å²) < 4.78 is 0. The Kier molecular flexibility index (Phi) is 3.77. The highest BCUT2D eigenvalue weighted by Crippen LogP contribution is 2.12. The molecule has 0 atom stereocenters. The molecule has 2 amide bonds. The molecule has 1 aromatic carbocycles. The Balaban J connectivity index is 1.53. The van der Waals surface area contributed by atoms with Crippen LogP contribution >= 0.6 is 0 Å². The van der Waals surface area contributed by atoms with Crippen LogP contribution in [0.25, 0.3) is 0 Å². The summed E-state index contributed by atoms with van der Waals surface area (Å²) in [5, 5.41) is 8.33. The third-order valence-corrected chi connectivity index (χ3v) is 3.77. The largest absolute Gasteiger partial charge is 0.338 e. The number of carbonyl (C=O) groups is 1. The Morgan fingerprint density at radius 3 is 2.86 bits per heavy atom. The van der Waals surface area contributed by atoms with Crippen LogP contribution in [0.4, 0.5) is 4.79 Å². The number of nitrogens with one attached hydrogen (secondary N) is 3. The van der Waals surface area contributed by atoms with Gasteiger partial charge in [0.25, 0.3) is 5.56 Å². The van der Waals surface area contributed by atoms with Crippen molar-refractivity contribution in [3.05, 3.63) is 57.5 Å². The van der Waals surface area contributed by atoms with Crippen LogP contribution in [-0.4, -0.2) is 34.2 Å². The number of rotatable bonds is 3. The zero-order valence-corrected chi connectivity index (χ0v) is 11.7. The van der Waals surface area contributed by atoms with Crippen molar-refractivity contribution in [3.63, 3.8) is 0 Å². The van der Waals surface area contributed by atoms with Gasteiger partial charge in [-0.3, -0.25) is 9.89 Å². The molecule has 21 heavy (non-hydrogen) atoms. The predicted octanol–water partition coefficient (Wildman–Crippen LogP) is 1.01. The Labute approximate surface area is 122 Å².